The molecule has 0 amide bonds. The van der Waals surface area contributed by atoms with E-state index in [1.54, 1.807) is 12.3 Å². The number of halogens is 1. The molecule has 1 fully saturated rings. The molecule has 1 aliphatic heterocycles. The summed E-state index contributed by atoms with van der Waals surface area (Å²) in [6.45, 7) is 2.47. The summed E-state index contributed by atoms with van der Waals surface area (Å²) in [6.07, 6.45) is 2.31. The van der Waals surface area contributed by atoms with Gasteiger partial charge in [0.15, 0.2) is 0 Å². The lowest BCUT2D eigenvalue weighted by Gasteiger charge is -2.11. The van der Waals surface area contributed by atoms with Crippen LogP contribution in [0, 0.1) is 6.92 Å². The van der Waals surface area contributed by atoms with Gasteiger partial charge in [0.1, 0.15) is 5.15 Å². The maximum Gasteiger partial charge on any atom is 0.334 e. The third-order valence-electron chi connectivity index (χ3n) is 3.49. The fourth-order valence-corrected chi connectivity index (χ4v) is 2.53. The van der Waals surface area contributed by atoms with E-state index in [9.17, 15) is 4.79 Å². The van der Waals surface area contributed by atoms with E-state index < -0.39 is 0 Å². The summed E-state index contributed by atoms with van der Waals surface area (Å²) in [5, 5.41) is 0.431. The number of ether oxygens (including phenoxy) is 1. The van der Waals surface area contributed by atoms with Crippen LogP contribution in [0.1, 0.15) is 23.1 Å². The number of pyridine rings is 1. The van der Waals surface area contributed by atoms with Gasteiger partial charge in [-0.1, -0.05) is 41.4 Å². The van der Waals surface area contributed by atoms with E-state index in [0.29, 0.717) is 23.8 Å². The second kappa shape index (κ2) is 5.70. The molecule has 1 aliphatic rings. The molecule has 0 bridgehead atoms. The maximum absolute atomic E-state index is 12.0. The Balaban J connectivity index is 2.18. The standard InChI is InChI=1S/C17H14ClNO2/c1-11-2-4-12(5-3-11)16(14-8-9-21-17(14)20)13-6-7-15(18)19-10-13/h2-7,10H,8-9H2,1H3/b16-14-. The van der Waals surface area contributed by atoms with Gasteiger partial charge >= 0.3 is 5.97 Å². The van der Waals surface area contributed by atoms with Crippen LogP contribution in [0.5, 0.6) is 0 Å². The van der Waals surface area contributed by atoms with E-state index in [4.69, 9.17) is 16.3 Å². The second-order valence-corrected chi connectivity index (χ2v) is 5.36. The average Bonchev–Trinajstić information content (AvgIpc) is 2.90. The molecule has 0 spiro atoms. The summed E-state index contributed by atoms with van der Waals surface area (Å²) in [5.41, 5.74) is 4.60. The lowest BCUT2D eigenvalue weighted by atomic mass is 9.93. The molecule has 2 heterocycles. The van der Waals surface area contributed by atoms with Crippen molar-refractivity contribution in [3.05, 3.63) is 70.0 Å². The highest BCUT2D eigenvalue weighted by molar-refractivity contribution is 6.29. The van der Waals surface area contributed by atoms with Crippen molar-refractivity contribution in [3.8, 4) is 0 Å². The summed E-state index contributed by atoms with van der Waals surface area (Å²) in [7, 11) is 0. The van der Waals surface area contributed by atoms with Crippen LogP contribution >= 0.6 is 11.6 Å². The molecule has 0 N–H and O–H groups in total. The van der Waals surface area contributed by atoms with Gasteiger partial charge in [-0.3, -0.25) is 0 Å². The summed E-state index contributed by atoms with van der Waals surface area (Å²) in [5.74, 6) is -0.250. The number of hydrogen-bond acceptors (Lipinski definition) is 3. The van der Waals surface area contributed by atoms with Crippen molar-refractivity contribution in [2.24, 2.45) is 0 Å². The molecule has 0 atom stereocenters. The number of carbonyl (C=O) groups excluding carboxylic acids is 1. The lowest BCUT2D eigenvalue weighted by Crippen LogP contribution is -2.01. The third-order valence-corrected chi connectivity index (χ3v) is 3.71. The van der Waals surface area contributed by atoms with Crippen LogP contribution in [-0.2, 0) is 9.53 Å². The van der Waals surface area contributed by atoms with Crippen LogP contribution in [0.15, 0.2) is 48.2 Å². The minimum atomic E-state index is -0.250. The van der Waals surface area contributed by atoms with Crippen molar-refractivity contribution in [2.45, 2.75) is 13.3 Å². The monoisotopic (exact) mass is 299 g/mol. The van der Waals surface area contributed by atoms with Gasteiger partial charge in [-0.25, -0.2) is 9.78 Å². The first-order valence-corrected chi connectivity index (χ1v) is 7.12. The number of esters is 1. The van der Waals surface area contributed by atoms with E-state index in [1.807, 2.05) is 37.3 Å². The first-order chi connectivity index (χ1) is 10.1. The summed E-state index contributed by atoms with van der Waals surface area (Å²) in [6, 6.07) is 11.7. The Labute approximate surface area is 128 Å². The number of cyclic esters (lactones) is 1. The fourth-order valence-electron chi connectivity index (χ4n) is 2.42. The van der Waals surface area contributed by atoms with Crippen molar-refractivity contribution in [1.82, 2.24) is 4.98 Å². The lowest BCUT2D eigenvalue weighted by molar-refractivity contribution is -0.135. The van der Waals surface area contributed by atoms with Gasteiger partial charge in [-0.2, -0.15) is 0 Å². The summed E-state index contributed by atoms with van der Waals surface area (Å²) < 4.78 is 5.09. The van der Waals surface area contributed by atoms with Gasteiger partial charge in [-0.15, -0.1) is 0 Å². The molecule has 21 heavy (non-hydrogen) atoms. The van der Waals surface area contributed by atoms with Crippen LogP contribution in [0.25, 0.3) is 5.57 Å². The average molecular weight is 300 g/mol. The third kappa shape index (κ3) is 2.83. The highest BCUT2D eigenvalue weighted by Crippen LogP contribution is 2.31. The number of nitrogens with zero attached hydrogens (tertiary/aromatic N) is 1. The first kappa shape index (κ1) is 13.8. The van der Waals surface area contributed by atoms with Crippen molar-refractivity contribution in [3.63, 3.8) is 0 Å². The minimum Gasteiger partial charge on any atom is -0.462 e. The van der Waals surface area contributed by atoms with Gasteiger partial charge in [0.2, 0.25) is 0 Å². The Kier molecular flexibility index (Phi) is 3.76. The molecular weight excluding hydrogens is 286 g/mol. The van der Waals surface area contributed by atoms with Crippen LogP contribution in [0.3, 0.4) is 0 Å². The summed E-state index contributed by atoms with van der Waals surface area (Å²) in [4.78, 5) is 16.1. The molecule has 0 unspecified atom stereocenters. The molecule has 1 saturated heterocycles. The minimum absolute atomic E-state index is 0.250. The van der Waals surface area contributed by atoms with Gasteiger partial charge in [0.05, 0.1) is 6.61 Å². The van der Waals surface area contributed by atoms with Crippen LogP contribution in [0.4, 0.5) is 0 Å². The highest BCUT2D eigenvalue weighted by Gasteiger charge is 2.24. The van der Waals surface area contributed by atoms with Crippen molar-refractivity contribution in [2.75, 3.05) is 6.61 Å². The molecule has 0 saturated carbocycles. The predicted molar refractivity (Wildman–Crippen MR) is 82.0 cm³/mol. The highest BCUT2D eigenvalue weighted by atomic mass is 35.5. The second-order valence-electron chi connectivity index (χ2n) is 4.98. The van der Waals surface area contributed by atoms with Gasteiger partial charge in [0, 0.05) is 29.3 Å². The Hall–Kier alpha value is -2.13. The number of aromatic nitrogens is 1. The molecule has 0 aliphatic carbocycles. The fraction of sp³-hybridized carbons (Fsp3) is 0.176. The SMILES string of the molecule is Cc1ccc(/C(=C2\CCOC2=O)c2ccc(Cl)nc2)cc1. The van der Waals surface area contributed by atoms with E-state index in [2.05, 4.69) is 4.98 Å². The molecule has 4 heteroatoms. The van der Waals surface area contributed by atoms with Crippen molar-refractivity contribution < 1.29 is 9.53 Å². The van der Waals surface area contributed by atoms with Gasteiger partial charge in [0.25, 0.3) is 0 Å². The Morgan fingerprint density at radius 1 is 1.14 bits per heavy atom. The van der Waals surface area contributed by atoms with Gasteiger partial charge in [-0.05, 0) is 24.6 Å². The summed E-state index contributed by atoms with van der Waals surface area (Å²) >= 11 is 5.85. The molecular formula is C17H14ClNO2. The quantitative estimate of drug-likeness (QED) is 0.481. The molecule has 2 aromatic rings. The maximum atomic E-state index is 12.0. The molecule has 3 nitrogen and oxygen atoms in total. The normalized spacial score (nSPS) is 16.8. The zero-order valence-electron chi connectivity index (χ0n) is 11.6. The number of carbonyl (C=O) groups is 1. The zero-order valence-corrected chi connectivity index (χ0v) is 12.4. The number of rotatable bonds is 2. The smallest absolute Gasteiger partial charge is 0.334 e. The number of benzene rings is 1. The van der Waals surface area contributed by atoms with Crippen LogP contribution < -0.4 is 0 Å². The molecule has 106 valence electrons. The molecule has 0 radical (unpaired) electrons. The molecule has 1 aromatic carbocycles. The Bertz CT molecular complexity index is 655. The number of hydrogen-bond donors (Lipinski definition) is 0. The van der Waals surface area contributed by atoms with Crippen LogP contribution in [0.2, 0.25) is 5.15 Å². The zero-order chi connectivity index (χ0) is 14.8. The van der Waals surface area contributed by atoms with Crippen molar-refractivity contribution >= 4 is 23.1 Å². The Morgan fingerprint density at radius 2 is 1.86 bits per heavy atom. The topological polar surface area (TPSA) is 39.2 Å². The first-order valence-electron chi connectivity index (χ1n) is 6.74. The largest absolute Gasteiger partial charge is 0.462 e. The predicted octanol–water partition coefficient (Wildman–Crippen LogP) is 3.79. The van der Waals surface area contributed by atoms with E-state index in [1.165, 1.54) is 5.56 Å². The number of aryl methyl sites for hydroxylation is 1. The molecule has 1 aromatic heterocycles. The molecule has 3 rings (SSSR count). The van der Waals surface area contributed by atoms with Crippen molar-refractivity contribution in [1.29, 1.82) is 0 Å². The van der Waals surface area contributed by atoms with E-state index in [0.717, 1.165) is 16.7 Å². The van der Waals surface area contributed by atoms with E-state index >= 15 is 0 Å². The Morgan fingerprint density at radius 3 is 2.43 bits per heavy atom. The van der Waals surface area contributed by atoms with E-state index in [-0.39, 0.29) is 5.97 Å². The van der Waals surface area contributed by atoms with Gasteiger partial charge < -0.3 is 4.74 Å². The van der Waals surface area contributed by atoms with Crippen LogP contribution in [-0.4, -0.2) is 17.6 Å².